The van der Waals surface area contributed by atoms with Crippen molar-refractivity contribution in [1.29, 1.82) is 0 Å². The minimum absolute atomic E-state index is 0.306. The van der Waals surface area contributed by atoms with Crippen molar-refractivity contribution < 1.29 is 14.2 Å². The van der Waals surface area contributed by atoms with Gasteiger partial charge in [-0.05, 0) is 13.3 Å². The lowest BCUT2D eigenvalue weighted by molar-refractivity contribution is -0.139. The van der Waals surface area contributed by atoms with Crippen molar-refractivity contribution in [2.45, 2.75) is 26.6 Å². The second-order valence-corrected chi connectivity index (χ2v) is 2.26. The summed E-state index contributed by atoms with van der Waals surface area (Å²) >= 11 is 0. The van der Waals surface area contributed by atoms with E-state index in [2.05, 4.69) is 13.5 Å². The molecule has 0 N–H and O–H groups in total. The molecule has 72 valence electrons. The molecule has 1 unspecified atom stereocenters. The highest BCUT2D eigenvalue weighted by Gasteiger charge is 2.06. The van der Waals surface area contributed by atoms with Gasteiger partial charge in [0.25, 0.3) is 0 Å². The zero-order valence-electron chi connectivity index (χ0n) is 7.91. The summed E-state index contributed by atoms with van der Waals surface area (Å²) in [7, 11) is 0. The lowest BCUT2D eigenvalue weighted by Crippen LogP contribution is -2.21. The first-order chi connectivity index (χ1) is 5.85. The Morgan fingerprint density at radius 2 is 2.17 bits per heavy atom. The predicted molar refractivity (Wildman–Crippen MR) is 47.8 cm³/mol. The van der Waals surface area contributed by atoms with Gasteiger partial charge in [0, 0.05) is 13.2 Å². The predicted octanol–water partition coefficient (Wildman–Crippen LogP) is 1.94. The zero-order valence-corrected chi connectivity index (χ0v) is 7.91. The summed E-state index contributed by atoms with van der Waals surface area (Å²) in [6.07, 6.45) is 2.07. The van der Waals surface area contributed by atoms with Gasteiger partial charge >= 0.3 is 0 Å². The molecule has 1 atom stereocenters. The molecule has 0 amide bonds. The second-order valence-electron chi connectivity index (χ2n) is 2.26. The molecule has 0 radical (unpaired) electrons. The highest BCUT2D eigenvalue weighted by Crippen LogP contribution is 1.96. The second kappa shape index (κ2) is 8.56. The smallest absolute Gasteiger partial charge is 0.222 e. The van der Waals surface area contributed by atoms with E-state index in [0.717, 1.165) is 13.0 Å². The topological polar surface area (TPSA) is 27.7 Å². The normalized spacial score (nSPS) is 12.5. The van der Waals surface area contributed by atoms with Crippen LogP contribution in [-0.2, 0) is 14.2 Å². The molecule has 0 saturated carbocycles. The van der Waals surface area contributed by atoms with Crippen LogP contribution >= 0.6 is 0 Å². The van der Waals surface area contributed by atoms with E-state index in [1.54, 1.807) is 0 Å². The molecule has 0 heterocycles. The lowest BCUT2D eigenvalue weighted by atomic mass is 10.5. The third-order valence-corrected chi connectivity index (χ3v) is 1.20. The van der Waals surface area contributed by atoms with Gasteiger partial charge in [0.2, 0.25) is 6.29 Å². The van der Waals surface area contributed by atoms with E-state index < -0.39 is 0 Å². The van der Waals surface area contributed by atoms with Crippen LogP contribution in [0, 0.1) is 0 Å². The molecule has 0 aliphatic carbocycles. The molecule has 0 bridgehead atoms. The summed E-state index contributed by atoms with van der Waals surface area (Å²) in [5.74, 6) is 0. The molecule has 3 heteroatoms. The number of ether oxygens (including phenoxy) is 3. The Labute approximate surface area is 74.3 Å². The third-order valence-electron chi connectivity index (χ3n) is 1.20. The van der Waals surface area contributed by atoms with E-state index in [-0.39, 0.29) is 6.29 Å². The minimum atomic E-state index is -0.306. The minimum Gasteiger partial charge on any atom is -0.471 e. The van der Waals surface area contributed by atoms with Crippen LogP contribution in [0.15, 0.2) is 12.8 Å². The fraction of sp³-hybridized carbons (Fsp3) is 0.778. The summed E-state index contributed by atoms with van der Waals surface area (Å²) in [6, 6.07) is 0. The maximum Gasteiger partial charge on any atom is 0.222 e. The summed E-state index contributed by atoms with van der Waals surface area (Å²) in [6.45, 7) is 9.25. The average Bonchev–Trinajstić information content (AvgIpc) is 2.06. The van der Waals surface area contributed by atoms with Gasteiger partial charge < -0.3 is 14.2 Å². The van der Waals surface area contributed by atoms with Crippen LogP contribution in [-0.4, -0.2) is 26.1 Å². The molecule has 0 aromatic rings. The molecule has 3 nitrogen and oxygen atoms in total. The first-order valence-electron chi connectivity index (χ1n) is 4.30. The highest BCUT2D eigenvalue weighted by atomic mass is 16.7. The summed E-state index contributed by atoms with van der Waals surface area (Å²) < 4.78 is 15.5. The number of hydrogen-bond donors (Lipinski definition) is 0. The van der Waals surface area contributed by atoms with Crippen molar-refractivity contribution in [2.24, 2.45) is 0 Å². The molecule has 0 fully saturated rings. The van der Waals surface area contributed by atoms with Crippen LogP contribution in [0.2, 0.25) is 0 Å². The van der Waals surface area contributed by atoms with Gasteiger partial charge in [0.1, 0.15) is 6.61 Å². The fourth-order valence-corrected chi connectivity index (χ4v) is 0.744. The van der Waals surface area contributed by atoms with Gasteiger partial charge in [0.15, 0.2) is 0 Å². The fourth-order valence-electron chi connectivity index (χ4n) is 0.744. The van der Waals surface area contributed by atoms with E-state index in [1.807, 2.05) is 6.92 Å². The Morgan fingerprint density at radius 3 is 2.67 bits per heavy atom. The standard InChI is InChI=1S/C9H18O3/c1-4-7-10-8-9(11-5-2)12-6-3/h5,9H,2,4,6-8H2,1,3H3. The zero-order chi connectivity index (χ0) is 9.23. The van der Waals surface area contributed by atoms with Crippen LogP contribution in [0.4, 0.5) is 0 Å². The summed E-state index contributed by atoms with van der Waals surface area (Å²) in [4.78, 5) is 0. The molecule has 0 aliphatic rings. The quantitative estimate of drug-likeness (QED) is 0.320. The molecular weight excluding hydrogens is 156 g/mol. The third kappa shape index (κ3) is 6.19. The van der Waals surface area contributed by atoms with E-state index in [9.17, 15) is 0 Å². The molecule has 0 aromatic carbocycles. The van der Waals surface area contributed by atoms with Gasteiger partial charge in [0.05, 0.1) is 6.26 Å². The van der Waals surface area contributed by atoms with Crippen LogP contribution < -0.4 is 0 Å². The van der Waals surface area contributed by atoms with Crippen LogP contribution in [0.5, 0.6) is 0 Å². The van der Waals surface area contributed by atoms with Gasteiger partial charge in [-0.15, -0.1) is 0 Å². The van der Waals surface area contributed by atoms with Crippen molar-refractivity contribution in [3.63, 3.8) is 0 Å². The van der Waals surface area contributed by atoms with Gasteiger partial charge in [-0.25, -0.2) is 0 Å². The highest BCUT2D eigenvalue weighted by molar-refractivity contribution is 4.52. The van der Waals surface area contributed by atoms with Crippen molar-refractivity contribution >= 4 is 0 Å². The Balaban J connectivity index is 3.40. The number of rotatable bonds is 8. The van der Waals surface area contributed by atoms with Crippen LogP contribution in [0.25, 0.3) is 0 Å². The number of hydrogen-bond acceptors (Lipinski definition) is 3. The Hall–Kier alpha value is -0.540. The first-order valence-corrected chi connectivity index (χ1v) is 4.30. The molecule has 0 aromatic heterocycles. The van der Waals surface area contributed by atoms with Crippen molar-refractivity contribution in [2.75, 3.05) is 19.8 Å². The van der Waals surface area contributed by atoms with E-state index in [1.165, 1.54) is 6.26 Å². The van der Waals surface area contributed by atoms with E-state index >= 15 is 0 Å². The largest absolute Gasteiger partial charge is 0.471 e. The van der Waals surface area contributed by atoms with E-state index in [0.29, 0.717) is 13.2 Å². The van der Waals surface area contributed by atoms with Gasteiger partial charge in [-0.2, -0.15) is 0 Å². The molecule has 0 saturated heterocycles. The van der Waals surface area contributed by atoms with Gasteiger partial charge in [-0.3, -0.25) is 0 Å². The maximum absolute atomic E-state index is 5.25. The summed E-state index contributed by atoms with van der Waals surface area (Å²) in [5.41, 5.74) is 0. The molecular formula is C9H18O3. The average molecular weight is 174 g/mol. The lowest BCUT2D eigenvalue weighted by Gasteiger charge is -2.15. The van der Waals surface area contributed by atoms with Crippen LogP contribution in [0.1, 0.15) is 20.3 Å². The first kappa shape index (κ1) is 11.5. The molecule has 0 rings (SSSR count). The van der Waals surface area contributed by atoms with Crippen LogP contribution in [0.3, 0.4) is 0 Å². The molecule has 0 spiro atoms. The monoisotopic (exact) mass is 174 g/mol. The van der Waals surface area contributed by atoms with Crippen molar-refractivity contribution in [1.82, 2.24) is 0 Å². The van der Waals surface area contributed by atoms with E-state index in [4.69, 9.17) is 14.2 Å². The maximum atomic E-state index is 5.25. The Kier molecular flexibility index (Phi) is 8.17. The molecule has 12 heavy (non-hydrogen) atoms. The Bertz CT molecular complexity index is 104. The molecule has 0 aliphatic heterocycles. The van der Waals surface area contributed by atoms with Crippen molar-refractivity contribution in [3.05, 3.63) is 12.8 Å². The SMILES string of the molecule is C=COC(COCCC)OCC. The Morgan fingerprint density at radius 1 is 1.42 bits per heavy atom. The van der Waals surface area contributed by atoms with Crippen molar-refractivity contribution in [3.8, 4) is 0 Å². The summed E-state index contributed by atoms with van der Waals surface area (Å²) in [5, 5.41) is 0. The van der Waals surface area contributed by atoms with Gasteiger partial charge in [-0.1, -0.05) is 13.5 Å².